The van der Waals surface area contributed by atoms with Gasteiger partial charge in [-0.3, -0.25) is 0 Å². The predicted molar refractivity (Wildman–Crippen MR) is 75.2 cm³/mol. The van der Waals surface area contributed by atoms with E-state index in [1.165, 1.54) is 5.56 Å². The van der Waals surface area contributed by atoms with Gasteiger partial charge in [0.1, 0.15) is 0 Å². The standard InChI is InChI=1S/C14H22ClNO2/c1-17-8-2-9-18-10-7-13(11-16)12-3-5-14(15)6-4-12/h3-6,13H,2,7-11,16H2,1H3. The van der Waals surface area contributed by atoms with Gasteiger partial charge in [-0.15, -0.1) is 0 Å². The van der Waals surface area contributed by atoms with Crippen molar-refractivity contribution in [3.63, 3.8) is 0 Å². The molecule has 0 fully saturated rings. The van der Waals surface area contributed by atoms with Crippen LogP contribution >= 0.6 is 11.6 Å². The maximum absolute atomic E-state index is 5.87. The maximum Gasteiger partial charge on any atom is 0.0487 e. The normalized spacial score (nSPS) is 12.6. The molecule has 0 saturated heterocycles. The van der Waals surface area contributed by atoms with Crippen LogP contribution in [0.3, 0.4) is 0 Å². The SMILES string of the molecule is COCCCOCCC(CN)c1ccc(Cl)cc1. The molecule has 0 heterocycles. The molecule has 1 rings (SSSR count). The molecule has 1 aromatic carbocycles. The zero-order valence-electron chi connectivity index (χ0n) is 10.9. The van der Waals surface area contributed by atoms with Crippen molar-refractivity contribution in [2.24, 2.45) is 5.73 Å². The van der Waals surface area contributed by atoms with Crippen LogP contribution in [0.4, 0.5) is 0 Å². The lowest BCUT2D eigenvalue weighted by Crippen LogP contribution is -2.15. The van der Waals surface area contributed by atoms with E-state index >= 15 is 0 Å². The smallest absolute Gasteiger partial charge is 0.0487 e. The van der Waals surface area contributed by atoms with Crippen LogP contribution in [0.1, 0.15) is 24.3 Å². The summed E-state index contributed by atoms with van der Waals surface area (Å²) < 4.78 is 10.5. The highest BCUT2D eigenvalue weighted by Gasteiger charge is 2.09. The molecule has 0 spiro atoms. The number of hydrogen-bond donors (Lipinski definition) is 1. The largest absolute Gasteiger partial charge is 0.385 e. The van der Waals surface area contributed by atoms with Gasteiger partial charge in [-0.1, -0.05) is 23.7 Å². The molecule has 0 bridgehead atoms. The molecule has 4 heteroatoms. The molecule has 0 aromatic heterocycles. The van der Waals surface area contributed by atoms with Crippen molar-refractivity contribution in [2.75, 3.05) is 33.5 Å². The minimum Gasteiger partial charge on any atom is -0.385 e. The molecule has 1 aromatic rings. The van der Waals surface area contributed by atoms with Gasteiger partial charge in [-0.05, 0) is 43.0 Å². The van der Waals surface area contributed by atoms with E-state index in [0.717, 1.165) is 37.7 Å². The fourth-order valence-electron chi connectivity index (χ4n) is 1.79. The molecule has 102 valence electrons. The molecule has 1 unspecified atom stereocenters. The van der Waals surface area contributed by atoms with Crippen LogP contribution in [0.5, 0.6) is 0 Å². The third-order valence-electron chi connectivity index (χ3n) is 2.87. The van der Waals surface area contributed by atoms with Crippen LogP contribution in [-0.2, 0) is 9.47 Å². The van der Waals surface area contributed by atoms with Crippen molar-refractivity contribution in [1.82, 2.24) is 0 Å². The Kier molecular flexibility index (Phi) is 8.01. The van der Waals surface area contributed by atoms with E-state index in [9.17, 15) is 0 Å². The monoisotopic (exact) mass is 271 g/mol. The molecule has 18 heavy (non-hydrogen) atoms. The third-order valence-corrected chi connectivity index (χ3v) is 3.13. The molecular weight excluding hydrogens is 250 g/mol. The molecule has 0 aliphatic rings. The van der Waals surface area contributed by atoms with Gasteiger partial charge in [0.2, 0.25) is 0 Å². The second-order valence-electron chi connectivity index (χ2n) is 4.23. The molecule has 0 aliphatic carbocycles. The van der Waals surface area contributed by atoms with Gasteiger partial charge >= 0.3 is 0 Å². The Labute approximate surface area is 114 Å². The van der Waals surface area contributed by atoms with Crippen molar-refractivity contribution in [3.05, 3.63) is 34.9 Å². The zero-order chi connectivity index (χ0) is 13.2. The van der Waals surface area contributed by atoms with E-state index in [4.69, 9.17) is 26.8 Å². The Morgan fingerprint density at radius 2 is 1.89 bits per heavy atom. The van der Waals surface area contributed by atoms with E-state index in [1.54, 1.807) is 7.11 Å². The van der Waals surface area contributed by atoms with E-state index in [2.05, 4.69) is 0 Å². The summed E-state index contributed by atoms with van der Waals surface area (Å²) in [6.07, 6.45) is 1.87. The third kappa shape index (κ3) is 5.83. The average molecular weight is 272 g/mol. The molecule has 0 radical (unpaired) electrons. The summed E-state index contributed by atoms with van der Waals surface area (Å²) in [4.78, 5) is 0. The van der Waals surface area contributed by atoms with Crippen molar-refractivity contribution >= 4 is 11.6 Å². The lowest BCUT2D eigenvalue weighted by Gasteiger charge is -2.15. The topological polar surface area (TPSA) is 44.5 Å². The van der Waals surface area contributed by atoms with Crippen LogP contribution < -0.4 is 5.73 Å². The molecule has 1 atom stereocenters. The number of nitrogens with two attached hydrogens (primary N) is 1. The van der Waals surface area contributed by atoms with E-state index in [1.807, 2.05) is 24.3 Å². The second kappa shape index (κ2) is 9.34. The summed E-state index contributed by atoms with van der Waals surface area (Å²) >= 11 is 5.87. The molecular formula is C14H22ClNO2. The Bertz CT molecular complexity index is 316. The van der Waals surface area contributed by atoms with Gasteiger partial charge in [0.05, 0.1) is 0 Å². The zero-order valence-corrected chi connectivity index (χ0v) is 11.7. The van der Waals surface area contributed by atoms with Gasteiger partial charge in [0.25, 0.3) is 0 Å². The molecule has 0 amide bonds. The van der Waals surface area contributed by atoms with Gasteiger partial charge < -0.3 is 15.2 Å². The molecule has 0 saturated carbocycles. The Hall–Kier alpha value is -0.610. The Balaban J connectivity index is 2.27. The lowest BCUT2D eigenvalue weighted by molar-refractivity contribution is 0.0984. The van der Waals surface area contributed by atoms with Gasteiger partial charge in [0.15, 0.2) is 0 Å². The van der Waals surface area contributed by atoms with E-state index in [-0.39, 0.29) is 0 Å². The number of benzene rings is 1. The van der Waals surface area contributed by atoms with Crippen molar-refractivity contribution in [1.29, 1.82) is 0 Å². The first kappa shape index (κ1) is 15.4. The summed E-state index contributed by atoms with van der Waals surface area (Å²) in [6, 6.07) is 7.87. The van der Waals surface area contributed by atoms with Gasteiger partial charge in [-0.2, -0.15) is 0 Å². The van der Waals surface area contributed by atoms with E-state index < -0.39 is 0 Å². The fourth-order valence-corrected chi connectivity index (χ4v) is 1.91. The van der Waals surface area contributed by atoms with Crippen molar-refractivity contribution in [3.8, 4) is 0 Å². The number of methoxy groups -OCH3 is 1. The quantitative estimate of drug-likeness (QED) is 0.703. The average Bonchev–Trinajstić information content (AvgIpc) is 2.39. The predicted octanol–water partition coefficient (Wildman–Crippen LogP) is 2.83. The Morgan fingerprint density at radius 1 is 1.17 bits per heavy atom. The van der Waals surface area contributed by atoms with Gasteiger partial charge in [0, 0.05) is 32.0 Å². The van der Waals surface area contributed by atoms with Crippen LogP contribution in [0.25, 0.3) is 0 Å². The number of ether oxygens (including phenoxy) is 2. The van der Waals surface area contributed by atoms with Crippen LogP contribution in [0, 0.1) is 0 Å². The van der Waals surface area contributed by atoms with Crippen LogP contribution in [-0.4, -0.2) is 33.5 Å². The summed E-state index contributed by atoms with van der Waals surface area (Å²) in [6.45, 7) is 2.85. The van der Waals surface area contributed by atoms with E-state index in [0.29, 0.717) is 12.5 Å². The van der Waals surface area contributed by atoms with Gasteiger partial charge in [-0.25, -0.2) is 0 Å². The number of rotatable bonds is 9. The molecule has 2 N–H and O–H groups in total. The molecule has 0 aliphatic heterocycles. The summed E-state index contributed by atoms with van der Waals surface area (Å²) in [5, 5.41) is 0.755. The highest BCUT2D eigenvalue weighted by Crippen LogP contribution is 2.20. The highest BCUT2D eigenvalue weighted by molar-refractivity contribution is 6.30. The van der Waals surface area contributed by atoms with Crippen molar-refractivity contribution < 1.29 is 9.47 Å². The minimum absolute atomic E-state index is 0.338. The van der Waals surface area contributed by atoms with Crippen LogP contribution in [0.2, 0.25) is 5.02 Å². The first-order valence-electron chi connectivity index (χ1n) is 6.30. The summed E-state index contributed by atoms with van der Waals surface area (Å²) in [5.74, 6) is 0.338. The van der Waals surface area contributed by atoms with Crippen molar-refractivity contribution in [2.45, 2.75) is 18.8 Å². The minimum atomic E-state index is 0.338. The molecule has 3 nitrogen and oxygen atoms in total. The number of hydrogen-bond acceptors (Lipinski definition) is 3. The second-order valence-corrected chi connectivity index (χ2v) is 4.67. The number of halogens is 1. The highest BCUT2D eigenvalue weighted by atomic mass is 35.5. The Morgan fingerprint density at radius 3 is 2.50 bits per heavy atom. The fraction of sp³-hybridized carbons (Fsp3) is 0.571. The first-order valence-corrected chi connectivity index (χ1v) is 6.68. The summed E-state index contributed by atoms with van der Waals surface area (Å²) in [7, 11) is 1.70. The first-order chi connectivity index (χ1) is 8.77. The summed E-state index contributed by atoms with van der Waals surface area (Å²) in [5.41, 5.74) is 7.02. The maximum atomic E-state index is 5.87. The van der Waals surface area contributed by atoms with Crippen LogP contribution in [0.15, 0.2) is 24.3 Å². The lowest BCUT2D eigenvalue weighted by atomic mass is 9.96.